The number of nitrogens with zero attached hydrogens (tertiary/aromatic N) is 4. The molecule has 8 aromatic carbocycles. The molecule has 0 aliphatic rings. The van der Waals surface area contributed by atoms with E-state index in [-0.39, 0.29) is 5.41 Å². The van der Waals surface area contributed by atoms with Crippen molar-refractivity contribution in [3.63, 3.8) is 0 Å². The van der Waals surface area contributed by atoms with Crippen molar-refractivity contribution in [2.24, 2.45) is 0 Å². The van der Waals surface area contributed by atoms with Crippen LogP contribution in [0.25, 0.3) is 89.3 Å². The molecule has 0 atom stereocenters. The fourth-order valence-corrected chi connectivity index (χ4v) is 8.33. The zero-order chi connectivity index (χ0) is 39.2. The van der Waals surface area contributed by atoms with Crippen molar-refractivity contribution in [3.05, 3.63) is 206 Å². The van der Waals surface area contributed by atoms with Gasteiger partial charge in [-0.15, -0.1) is 10.2 Å². The minimum Gasteiger partial charge on any atom is -0.309 e. The number of aromatic nitrogens is 4. The zero-order valence-electron chi connectivity index (χ0n) is 32.8. The fourth-order valence-electron chi connectivity index (χ4n) is 8.33. The second-order valence-electron chi connectivity index (χ2n) is 15.9. The number of hydrogen-bond acceptors (Lipinski definition) is 2. The van der Waals surface area contributed by atoms with Gasteiger partial charge < -0.3 is 4.57 Å². The molecule has 278 valence electrons. The minimum absolute atomic E-state index is 0.0988. The van der Waals surface area contributed by atoms with Crippen LogP contribution >= 0.6 is 0 Å². The highest BCUT2D eigenvalue weighted by molar-refractivity contribution is 6.11. The molecule has 0 aliphatic heterocycles. The molecule has 2 aromatic heterocycles. The van der Waals surface area contributed by atoms with Crippen LogP contribution in [0.2, 0.25) is 0 Å². The molecule has 0 unspecified atom stereocenters. The summed E-state index contributed by atoms with van der Waals surface area (Å²) in [6, 6.07) is 71.6. The van der Waals surface area contributed by atoms with Crippen molar-refractivity contribution in [1.82, 2.24) is 19.3 Å². The number of para-hydroxylation sites is 2. The molecular weight excluding hydrogens is 705 g/mol. The molecule has 10 aromatic rings. The Balaban J connectivity index is 1.04. The first-order valence-corrected chi connectivity index (χ1v) is 19.9. The Morgan fingerprint density at radius 3 is 1.45 bits per heavy atom. The molecule has 0 spiro atoms. The number of hydrogen-bond donors (Lipinski definition) is 0. The zero-order valence-corrected chi connectivity index (χ0v) is 32.8. The van der Waals surface area contributed by atoms with Crippen molar-refractivity contribution in [2.75, 3.05) is 0 Å². The molecule has 58 heavy (non-hydrogen) atoms. The van der Waals surface area contributed by atoms with Crippen molar-refractivity contribution in [1.29, 1.82) is 0 Å². The van der Waals surface area contributed by atoms with Crippen LogP contribution in [-0.4, -0.2) is 19.3 Å². The summed E-state index contributed by atoms with van der Waals surface area (Å²) >= 11 is 0. The summed E-state index contributed by atoms with van der Waals surface area (Å²) in [5.74, 6) is 1.61. The molecule has 0 radical (unpaired) electrons. The lowest BCUT2D eigenvalue weighted by Gasteiger charge is -2.19. The monoisotopic (exact) mass is 746 g/mol. The van der Waals surface area contributed by atoms with E-state index in [4.69, 9.17) is 5.10 Å². The molecule has 0 bridgehead atoms. The Bertz CT molecular complexity index is 3060. The average molecular weight is 747 g/mol. The smallest absolute Gasteiger partial charge is 0.168 e. The van der Waals surface area contributed by atoms with Crippen LogP contribution < -0.4 is 0 Å². The van der Waals surface area contributed by atoms with Crippen molar-refractivity contribution in [2.45, 2.75) is 26.2 Å². The Hall–Kier alpha value is -7.30. The second kappa shape index (κ2) is 14.3. The largest absolute Gasteiger partial charge is 0.309 e. The number of rotatable bonds is 7. The van der Waals surface area contributed by atoms with Gasteiger partial charge in [0.2, 0.25) is 0 Å². The van der Waals surface area contributed by atoms with Gasteiger partial charge in [-0.2, -0.15) is 0 Å². The first kappa shape index (κ1) is 35.1. The maximum absolute atomic E-state index is 4.73. The lowest BCUT2D eigenvalue weighted by atomic mass is 9.87. The van der Waals surface area contributed by atoms with Gasteiger partial charge in [0.05, 0.1) is 11.0 Å². The normalized spacial score (nSPS) is 11.7. The predicted molar refractivity (Wildman–Crippen MR) is 242 cm³/mol. The third-order valence-electron chi connectivity index (χ3n) is 11.3. The average Bonchev–Trinajstić information content (AvgIpc) is 3.87. The van der Waals surface area contributed by atoms with Crippen LogP contribution in [0.5, 0.6) is 0 Å². The molecule has 0 fully saturated rings. The predicted octanol–water partition coefficient (Wildman–Crippen LogP) is 14.0. The van der Waals surface area contributed by atoms with E-state index in [1.54, 1.807) is 0 Å². The van der Waals surface area contributed by atoms with Gasteiger partial charge >= 0.3 is 0 Å². The standard InChI is InChI=1S/C54H42N4/c1-54(2,3)41-31-33-43(34-32-41)57-50-25-15-14-24-48(50)49-36-40(30-35-51(49)57)45-21-11-13-23-47(45)46-22-12-10-20-44(46)37-26-28-39(29-27-37)53-56-55-52(38-16-6-4-7-17-38)58(53)42-18-8-5-9-19-42/h4-36H,1-3H3. The third-order valence-corrected chi connectivity index (χ3v) is 11.3. The minimum atomic E-state index is 0.0988. The maximum atomic E-state index is 4.73. The molecule has 0 saturated heterocycles. The summed E-state index contributed by atoms with van der Waals surface area (Å²) < 4.78 is 4.54. The molecule has 2 heterocycles. The van der Waals surface area contributed by atoms with E-state index in [2.05, 4.69) is 211 Å². The van der Waals surface area contributed by atoms with Crippen LogP contribution in [0.4, 0.5) is 0 Å². The fraction of sp³-hybridized carbons (Fsp3) is 0.0741. The van der Waals surface area contributed by atoms with E-state index in [1.165, 1.54) is 60.9 Å². The molecule has 0 aliphatic carbocycles. The summed E-state index contributed by atoms with van der Waals surface area (Å²) in [4.78, 5) is 0. The first-order valence-electron chi connectivity index (χ1n) is 19.9. The van der Waals surface area contributed by atoms with Crippen molar-refractivity contribution in [3.8, 4) is 67.5 Å². The van der Waals surface area contributed by atoms with Crippen LogP contribution in [0.15, 0.2) is 200 Å². The lowest BCUT2D eigenvalue weighted by molar-refractivity contribution is 0.590. The molecule has 0 amide bonds. The maximum Gasteiger partial charge on any atom is 0.168 e. The van der Waals surface area contributed by atoms with E-state index in [0.717, 1.165) is 34.0 Å². The highest BCUT2D eigenvalue weighted by Gasteiger charge is 2.20. The van der Waals surface area contributed by atoms with Gasteiger partial charge in [0, 0.05) is 33.3 Å². The summed E-state index contributed by atoms with van der Waals surface area (Å²) in [6.07, 6.45) is 0. The van der Waals surface area contributed by atoms with E-state index in [1.807, 2.05) is 24.3 Å². The summed E-state index contributed by atoms with van der Waals surface area (Å²) in [7, 11) is 0. The lowest BCUT2D eigenvalue weighted by Crippen LogP contribution is -2.10. The quantitative estimate of drug-likeness (QED) is 0.163. The number of benzene rings is 8. The van der Waals surface area contributed by atoms with E-state index in [9.17, 15) is 0 Å². The van der Waals surface area contributed by atoms with Crippen LogP contribution in [0.3, 0.4) is 0 Å². The summed E-state index contributed by atoms with van der Waals surface area (Å²) in [6.45, 7) is 6.79. The Morgan fingerprint density at radius 1 is 0.345 bits per heavy atom. The van der Waals surface area contributed by atoms with Gasteiger partial charge in [-0.3, -0.25) is 4.57 Å². The Morgan fingerprint density at radius 2 is 0.810 bits per heavy atom. The van der Waals surface area contributed by atoms with Gasteiger partial charge in [-0.1, -0.05) is 178 Å². The number of fused-ring (bicyclic) bond motifs is 3. The van der Waals surface area contributed by atoms with Crippen molar-refractivity contribution < 1.29 is 0 Å². The molecule has 10 rings (SSSR count). The highest BCUT2D eigenvalue weighted by atomic mass is 15.3. The van der Waals surface area contributed by atoms with Gasteiger partial charge in [0.1, 0.15) is 0 Å². The van der Waals surface area contributed by atoms with E-state index < -0.39 is 0 Å². The highest BCUT2D eigenvalue weighted by Crippen LogP contribution is 2.41. The SMILES string of the molecule is CC(C)(C)c1ccc(-n2c3ccccc3c3cc(-c4ccccc4-c4ccccc4-c4ccc(-c5nnc(-c6ccccc6)n5-c5ccccc5)cc4)ccc32)cc1. The van der Waals surface area contributed by atoms with E-state index in [0.29, 0.717) is 0 Å². The van der Waals surface area contributed by atoms with Gasteiger partial charge in [0.15, 0.2) is 11.6 Å². The first-order chi connectivity index (χ1) is 28.4. The molecule has 4 nitrogen and oxygen atoms in total. The van der Waals surface area contributed by atoms with Gasteiger partial charge in [-0.25, -0.2) is 0 Å². The second-order valence-corrected chi connectivity index (χ2v) is 15.9. The van der Waals surface area contributed by atoms with Crippen LogP contribution in [-0.2, 0) is 5.41 Å². The summed E-state index contributed by atoms with van der Waals surface area (Å²) in [5, 5.41) is 11.9. The Labute approximate surface area is 339 Å². The topological polar surface area (TPSA) is 35.6 Å². The molecule has 0 N–H and O–H groups in total. The molecule has 0 saturated carbocycles. The van der Waals surface area contributed by atoms with Crippen LogP contribution in [0.1, 0.15) is 26.3 Å². The van der Waals surface area contributed by atoms with E-state index >= 15 is 0 Å². The van der Waals surface area contributed by atoms with Crippen molar-refractivity contribution >= 4 is 21.8 Å². The molecular formula is C54H42N4. The third kappa shape index (κ3) is 6.20. The van der Waals surface area contributed by atoms with Crippen LogP contribution in [0, 0.1) is 0 Å². The summed E-state index contributed by atoms with van der Waals surface area (Å²) in [5.41, 5.74) is 15.1. The van der Waals surface area contributed by atoms with Gasteiger partial charge in [0.25, 0.3) is 0 Å². The molecule has 4 heteroatoms. The van der Waals surface area contributed by atoms with Gasteiger partial charge in [-0.05, 0) is 86.8 Å². The Kier molecular flexibility index (Phi) is 8.68.